The zero-order valence-corrected chi connectivity index (χ0v) is 12.2. The summed E-state index contributed by atoms with van der Waals surface area (Å²) in [6.07, 6.45) is 4.35. The highest BCUT2D eigenvalue weighted by molar-refractivity contribution is 5.88. The number of hydrogen-bond donors (Lipinski definition) is 2. The molecule has 0 aliphatic carbocycles. The largest absolute Gasteiger partial charge is 0.478 e. The zero-order valence-electron chi connectivity index (χ0n) is 12.2. The fraction of sp³-hybridized carbons (Fsp3) is 0.312. The number of rotatable bonds is 6. The molecule has 0 atom stereocenters. The van der Waals surface area contributed by atoms with Crippen molar-refractivity contribution in [2.24, 2.45) is 0 Å². The maximum absolute atomic E-state index is 11.2. The van der Waals surface area contributed by atoms with E-state index in [1.165, 1.54) is 5.56 Å². The predicted octanol–water partition coefficient (Wildman–Crippen LogP) is 2.95. The molecular formula is C16H19N3O2. The van der Waals surface area contributed by atoms with Gasteiger partial charge in [-0.1, -0.05) is 13.8 Å². The molecule has 0 aliphatic rings. The van der Waals surface area contributed by atoms with E-state index in [2.05, 4.69) is 15.3 Å². The van der Waals surface area contributed by atoms with Crippen molar-refractivity contribution < 1.29 is 9.90 Å². The van der Waals surface area contributed by atoms with Crippen LogP contribution < -0.4 is 5.32 Å². The van der Waals surface area contributed by atoms with Gasteiger partial charge in [0, 0.05) is 24.6 Å². The van der Waals surface area contributed by atoms with Crippen molar-refractivity contribution in [1.82, 2.24) is 9.97 Å². The summed E-state index contributed by atoms with van der Waals surface area (Å²) in [5.74, 6) is -0.144. The van der Waals surface area contributed by atoms with Crippen molar-refractivity contribution >= 4 is 11.8 Å². The van der Waals surface area contributed by atoms with Crippen LogP contribution in [0.15, 0.2) is 36.7 Å². The average molecular weight is 285 g/mol. The minimum absolute atomic E-state index is 0.185. The number of carbonyl (C=O) groups is 1. The smallest absolute Gasteiger partial charge is 0.335 e. The van der Waals surface area contributed by atoms with E-state index in [-0.39, 0.29) is 11.5 Å². The molecule has 2 aromatic rings. The fourth-order valence-electron chi connectivity index (χ4n) is 1.95. The number of nitrogens with one attached hydrogen (secondary N) is 1. The normalized spacial score (nSPS) is 10.6. The monoisotopic (exact) mass is 285 g/mol. The van der Waals surface area contributed by atoms with E-state index in [1.54, 1.807) is 24.5 Å². The lowest BCUT2D eigenvalue weighted by Gasteiger charge is -2.11. The molecule has 0 aliphatic heterocycles. The summed E-state index contributed by atoms with van der Waals surface area (Å²) in [6.45, 7) is 4.68. The maximum atomic E-state index is 11.2. The Morgan fingerprint density at radius 1 is 1.29 bits per heavy atom. The van der Waals surface area contributed by atoms with Crippen LogP contribution in [-0.4, -0.2) is 27.6 Å². The molecule has 2 heterocycles. The van der Waals surface area contributed by atoms with Gasteiger partial charge in [0.2, 0.25) is 0 Å². The van der Waals surface area contributed by atoms with E-state index < -0.39 is 5.97 Å². The van der Waals surface area contributed by atoms with Crippen LogP contribution in [0, 0.1) is 0 Å². The molecule has 0 saturated carbocycles. The van der Waals surface area contributed by atoms with Gasteiger partial charge in [0.1, 0.15) is 5.82 Å². The highest BCUT2D eigenvalue weighted by Gasteiger charge is 2.10. The van der Waals surface area contributed by atoms with E-state index in [1.807, 2.05) is 26.0 Å². The number of nitrogens with zero attached hydrogens (tertiary/aromatic N) is 2. The highest BCUT2D eigenvalue weighted by atomic mass is 16.4. The van der Waals surface area contributed by atoms with Gasteiger partial charge in [0.05, 0.1) is 5.56 Å². The maximum Gasteiger partial charge on any atom is 0.335 e. The average Bonchev–Trinajstić information content (AvgIpc) is 2.48. The lowest BCUT2D eigenvalue weighted by molar-refractivity contribution is 0.0696. The first kappa shape index (κ1) is 15.0. The van der Waals surface area contributed by atoms with Crippen molar-refractivity contribution in [1.29, 1.82) is 0 Å². The molecule has 2 aromatic heterocycles. The van der Waals surface area contributed by atoms with Gasteiger partial charge in [-0.2, -0.15) is 0 Å². The summed E-state index contributed by atoms with van der Waals surface area (Å²) in [5, 5.41) is 12.3. The van der Waals surface area contributed by atoms with Crippen LogP contribution in [0.1, 0.15) is 41.4 Å². The Morgan fingerprint density at radius 3 is 2.62 bits per heavy atom. The number of carboxylic acid groups (broad SMARTS) is 1. The lowest BCUT2D eigenvalue weighted by Crippen LogP contribution is -2.10. The first-order chi connectivity index (χ1) is 10.1. The molecule has 2 rings (SSSR count). The van der Waals surface area contributed by atoms with Crippen LogP contribution in [-0.2, 0) is 6.42 Å². The molecule has 0 aromatic carbocycles. The van der Waals surface area contributed by atoms with Crippen LogP contribution in [0.5, 0.6) is 0 Å². The van der Waals surface area contributed by atoms with Gasteiger partial charge in [-0.3, -0.25) is 4.98 Å². The molecule has 0 bridgehead atoms. The number of anilines is 1. The van der Waals surface area contributed by atoms with E-state index in [9.17, 15) is 4.79 Å². The van der Waals surface area contributed by atoms with E-state index in [0.29, 0.717) is 12.4 Å². The molecule has 5 heteroatoms. The molecule has 0 spiro atoms. The SMILES string of the molecule is CC(C)c1cc(C(=O)O)cc(NCCc2ccncc2)n1. The molecule has 21 heavy (non-hydrogen) atoms. The third-order valence-electron chi connectivity index (χ3n) is 3.15. The zero-order chi connectivity index (χ0) is 15.2. The highest BCUT2D eigenvalue weighted by Crippen LogP contribution is 2.17. The summed E-state index contributed by atoms with van der Waals surface area (Å²) >= 11 is 0. The third kappa shape index (κ3) is 4.27. The quantitative estimate of drug-likeness (QED) is 0.853. The Labute approximate surface area is 124 Å². The Morgan fingerprint density at radius 2 is 2.00 bits per heavy atom. The molecule has 5 nitrogen and oxygen atoms in total. The van der Waals surface area contributed by atoms with E-state index in [4.69, 9.17) is 5.11 Å². The lowest BCUT2D eigenvalue weighted by atomic mass is 10.1. The first-order valence-corrected chi connectivity index (χ1v) is 6.94. The fourth-order valence-corrected chi connectivity index (χ4v) is 1.95. The van der Waals surface area contributed by atoms with Gasteiger partial charge in [0.25, 0.3) is 0 Å². The van der Waals surface area contributed by atoms with E-state index >= 15 is 0 Å². The summed E-state index contributed by atoms with van der Waals surface area (Å²) in [6, 6.07) is 7.12. The topological polar surface area (TPSA) is 75.1 Å². The second-order valence-electron chi connectivity index (χ2n) is 5.16. The van der Waals surface area contributed by atoms with Crippen LogP contribution in [0.25, 0.3) is 0 Å². The predicted molar refractivity (Wildman–Crippen MR) is 81.7 cm³/mol. The Bertz CT molecular complexity index is 612. The Balaban J connectivity index is 2.06. The molecular weight excluding hydrogens is 266 g/mol. The van der Waals surface area contributed by atoms with Crippen LogP contribution in [0.4, 0.5) is 5.82 Å². The molecule has 0 radical (unpaired) electrons. The number of aromatic carboxylic acids is 1. The van der Waals surface area contributed by atoms with Crippen molar-refractivity contribution in [3.05, 3.63) is 53.5 Å². The van der Waals surface area contributed by atoms with Gasteiger partial charge >= 0.3 is 5.97 Å². The van der Waals surface area contributed by atoms with Crippen molar-refractivity contribution in [2.75, 3.05) is 11.9 Å². The Hall–Kier alpha value is -2.43. The van der Waals surface area contributed by atoms with Crippen LogP contribution >= 0.6 is 0 Å². The van der Waals surface area contributed by atoms with Crippen LogP contribution in [0.2, 0.25) is 0 Å². The second kappa shape index (κ2) is 6.83. The summed E-state index contributed by atoms with van der Waals surface area (Å²) in [5.41, 5.74) is 2.22. The molecule has 0 fully saturated rings. The van der Waals surface area contributed by atoms with Gasteiger partial charge in [0.15, 0.2) is 0 Å². The van der Waals surface area contributed by atoms with Gasteiger partial charge in [-0.05, 0) is 42.2 Å². The molecule has 110 valence electrons. The third-order valence-corrected chi connectivity index (χ3v) is 3.15. The van der Waals surface area contributed by atoms with Crippen molar-refractivity contribution in [3.63, 3.8) is 0 Å². The number of pyridine rings is 2. The van der Waals surface area contributed by atoms with Crippen molar-refractivity contribution in [3.8, 4) is 0 Å². The number of aromatic nitrogens is 2. The Kier molecular flexibility index (Phi) is 4.87. The molecule has 0 amide bonds. The van der Waals surface area contributed by atoms with E-state index in [0.717, 1.165) is 12.1 Å². The molecule has 0 saturated heterocycles. The summed E-state index contributed by atoms with van der Waals surface area (Å²) < 4.78 is 0. The van der Waals surface area contributed by atoms with Crippen LogP contribution in [0.3, 0.4) is 0 Å². The minimum Gasteiger partial charge on any atom is -0.478 e. The summed E-state index contributed by atoms with van der Waals surface area (Å²) in [7, 11) is 0. The van der Waals surface area contributed by atoms with Crippen molar-refractivity contribution in [2.45, 2.75) is 26.2 Å². The second-order valence-corrected chi connectivity index (χ2v) is 5.16. The summed E-state index contributed by atoms with van der Waals surface area (Å²) in [4.78, 5) is 19.6. The first-order valence-electron chi connectivity index (χ1n) is 6.94. The number of carboxylic acids is 1. The van der Waals surface area contributed by atoms with Gasteiger partial charge in [-0.25, -0.2) is 9.78 Å². The molecule has 2 N–H and O–H groups in total. The standard InChI is InChI=1S/C16H19N3O2/c1-11(2)14-9-13(16(20)21)10-15(19-14)18-8-5-12-3-6-17-7-4-12/h3-4,6-7,9-11H,5,8H2,1-2H3,(H,18,19)(H,20,21). The van der Waals surface area contributed by atoms with Gasteiger partial charge < -0.3 is 10.4 Å². The van der Waals surface area contributed by atoms with Gasteiger partial charge in [-0.15, -0.1) is 0 Å². The molecule has 0 unspecified atom stereocenters. The minimum atomic E-state index is -0.934. The number of hydrogen-bond acceptors (Lipinski definition) is 4.